The molecule has 1 aliphatic rings. The maximum atomic E-state index is 12.2. The monoisotopic (exact) mass is 304 g/mol. The summed E-state index contributed by atoms with van der Waals surface area (Å²) in [7, 11) is -3.42. The van der Waals surface area contributed by atoms with Gasteiger partial charge in [0, 0.05) is 37.5 Å². The van der Waals surface area contributed by atoms with Crippen LogP contribution in [0.2, 0.25) is 0 Å². The Labute approximate surface area is 118 Å². The van der Waals surface area contributed by atoms with E-state index in [0.717, 1.165) is 25.0 Å². The first kappa shape index (κ1) is 14.9. The Morgan fingerprint density at radius 1 is 1.53 bits per heavy atom. The summed E-state index contributed by atoms with van der Waals surface area (Å²) in [6, 6.07) is -0.0643. The van der Waals surface area contributed by atoms with Crippen molar-refractivity contribution in [2.75, 3.05) is 19.6 Å². The summed E-state index contributed by atoms with van der Waals surface area (Å²) in [5.41, 5.74) is 8.32. The van der Waals surface area contributed by atoms with E-state index in [1.807, 2.05) is 5.38 Å². The Bertz CT molecular complexity index is 475. The minimum Gasteiger partial charge on any atom is -0.329 e. The van der Waals surface area contributed by atoms with Crippen molar-refractivity contribution in [3.05, 3.63) is 16.6 Å². The third kappa shape index (κ3) is 3.96. The molecule has 0 radical (unpaired) electrons. The fourth-order valence-electron chi connectivity index (χ4n) is 2.28. The van der Waals surface area contributed by atoms with Gasteiger partial charge in [0.1, 0.15) is 0 Å². The molecule has 0 bridgehead atoms. The molecule has 108 valence electrons. The Hall–Kier alpha value is -0.540. The second-order valence-corrected chi connectivity index (χ2v) is 7.05. The lowest BCUT2D eigenvalue weighted by Gasteiger charge is -2.33. The minimum atomic E-state index is -3.42. The Morgan fingerprint density at radius 3 is 3.05 bits per heavy atom. The van der Waals surface area contributed by atoms with Crippen molar-refractivity contribution >= 4 is 21.5 Å². The van der Waals surface area contributed by atoms with Crippen LogP contribution in [0.4, 0.5) is 0 Å². The highest BCUT2D eigenvalue weighted by atomic mass is 32.2. The molecule has 2 rings (SSSR count). The van der Waals surface area contributed by atoms with Crippen LogP contribution in [0.15, 0.2) is 10.9 Å². The Morgan fingerprint density at radius 2 is 2.37 bits per heavy atom. The predicted octanol–water partition coefficient (Wildman–Crippen LogP) is 0.333. The number of piperidine rings is 1. The molecule has 0 saturated carbocycles. The van der Waals surface area contributed by atoms with E-state index in [2.05, 4.69) is 9.71 Å². The number of hydrogen-bond acceptors (Lipinski definition) is 5. The van der Waals surface area contributed by atoms with E-state index < -0.39 is 10.2 Å². The largest absolute Gasteiger partial charge is 0.329 e. The van der Waals surface area contributed by atoms with Gasteiger partial charge in [-0.2, -0.15) is 12.7 Å². The number of nitrogens with two attached hydrogens (primary N) is 1. The lowest BCUT2D eigenvalue weighted by atomic mass is 10.1. The standard InChI is InChI=1S/C11H20N4O2S2/c12-7-11-3-1-2-6-15(11)19(16,17)14-5-4-10-8-18-9-13-10/h8-9,11,14H,1-7,12H2. The Kier molecular flexibility index (Phi) is 5.28. The van der Waals surface area contributed by atoms with Crippen molar-refractivity contribution in [2.45, 2.75) is 31.7 Å². The second kappa shape index (κ2) is 6.76. The molecule has 6 nitrogen and oxygen atoms in total. The quantitative estimate of drug-likeness (QED) is 0.793. The number of aromatic nitrogens is 1. The van der Waals surface area contributed by atoms with E-state index in [0.29, 0.717) is 26.1 Å². The van der Waals surface area contributed by atoms with Crippen LogP contribution in [0, 0.1) is 0 Å². The zero-order valence-corrected chi connectivity index (χ0v) is 12.4. The van der Waals surface area contributed by atoms with Gasteiger partial charge >= 0.3 is 0 Å². The molecule has 1 unspecified atom stereocenters. The van der Waals surface area contributed by atoms with Gasteiger partial charge in [-0.1, -0.05) is 6.42 Å². The number of nitrogens with one attached hydrogen (secondary N) is 1. The van der Waals surface area contributed by atoms with Crippen LogP contribution >= 0.6 is 11.3 Å². The van der Waals surface area contributed by atoms with Crippen molar-refractivity contribution in [2.24, 2.45) is 5.73 Å². The van der Waals surface area contributed by atoms with Crippen LogP contribution in [-0.4, -0.2) is 43.4 Å². The van der Waals surface area contributed by atoms with E-state index >= 15 is 0 Å². The Balaban J connectivity index is 1.89. The molecule has 0 aromatic carbocycles. The molecule has 1 atom stereocenters. The van der Waals surface area contributed by atoms with Gasteiger partial charge in [-0.3, -0.25) is 0 Å². The van der Waals surface area contributed by atoms with E-state index in [1.165, 1.54) is 15.6 Å². The molecule has 0 amide bonds. The summed E-state index contributed by atoms with van der Waals surface area (Å²) in [5.74, 6) is 0. The van der Waals surface area contributed by atoms with Crippen molar-refractivity contribution in [3.8, 4) is 0 Å². The van der Waals surface area contributed by atoms with Crippen LogP contribution in [0.1, 0.15) is 25.0 Å². The summed E-state index contributed by atoms with van der Waals surface area (Å²) in [4.78, 5) is 4.13. The van der Waals surface area contributed by atoms with Crippen molar-refractivity contribution in [1.29, 1.82) is 0 Å². The van der Waals surface area contributed by atoms with E-state index in [4.69, 9.17) is 5.73 Å². The molecule has 1 saturated heterocycles. The van der Waals surface area contributed by atoms with Crippen molar-refractivity contribution in [3.63, 3.8) is 0 Å². The fraction of sp³-hybridized carbons (Fsp3) is 0.727. The van der Waals surface area contributed by atoms with Crippen LogP contribution in [0.25, 0.3) is 0 Å². The number of rotatable bonds is 6. The molecule has 1 fully saturated rings. The smallest absolute Gasteiger partial charge is 0.279 e. The van der Waals surface area contributed by atoms with Gasteiger partial charge in [0.25, 0.3) is 10.2 Å². The van der Waals surface area contributed by atoms with Gasteiger partial charge in [0.05, 0.1) is 11.2 Å². The molecule has 1 aromatic heterocycles. The molecule has 0 aliphatic carbocycles. The first-order chi connectivity index (χ1) is 9.13. The minimum absolute atomic E-state index is 0.0643. The lowest BCUT2D eigenvalue weighted by Crippen LogP contribution is -2.51. The molecule has 0 spiro atoms. The molecular formula is C11H20N4O2S2. The van der Waals surface area contributed by atoms with E-state index in [-0.39, 0.29) is 6.04 Å². The van der Waals surface area contributed by atoms with Gasteiger partial charge in [-0.05, 0) is 12.8 Å². The van der Waals surface area contributed by atoms with Gasteiger partial charge in [-0.15, -0.1) is 11.3 Å². The number of nitrogens with zero attached hydrogens (tertiary/aromatic N) is 2. The van der Waals surface area contributed by atoms with Gasteiger partial charge in [0.2, 0.25) is 0 Å². The highest BCUT2D eigenvalue weighted by Gasteiger charge is 2.30. The van der Waals surface area contributed by atoms with Crippen molar-refractivity contribution in [1.82, 2.24) is 14.0 Å². The molecule has 2 heterocycles. The summed E-state index contributed by atoms with van der Waals surface area (Å²) in [6.45, 7) is 1.32. The summed E-state index contributed by atoms with van der Waals surface area (Å²) in [5, 5.41) is 1.93. The molecular weight excluding hydrogens is 284 g/mol. The maximum absolute atomic E-state index is 12.2. The average molecular weight is 304 g/mol. The molecule has 1 aromatic rings. The van der Waals surface area contributed by atoms with Gasteiger partial charge < -0.3 is 5.73 Å². The van der Waals surface area contributed by atoms with Crippen molar-refractivity contribution < 1.29 is 8.42 Å². The van der Waals surface area contributed by atoms with E-state index in [1.54, 1.807) is 5.51 Å². The average Bonchev–Trinajstić information content (AvgIpc) is 2.91. The molecule has 3 N–H and O–H groups in total. The molecule has 8 heteroatoms. The van der Waals surface area contributed by atoms with Crippen LogP contribution in [-0.2, 0) is 16.6 Å². The zero-order valence-electron chi connectivity index (χ0n) is 10.8. The summed E-state index contributed by atoms with van der Waals surface area (Å²) >= 11 is 1.51. The van der Waals surface area contributed by atoms with Gasteiger partial charge in [0.15, 0.2) is 0 Å². The third-order valence-corrected chi connectivity index (χ3v) is 5.61. The normalized spacial score (nSPS) is 21.6. The maximum Gasteiger partial charge on any atom is 0.279 e. The SMILES string of the molecule is NCC1CCCCN1S(=O)(=O)NCCc1cscn1. The first-order valence-electron chi connectivity index (χ1n) is 6.47. The molecule has 1 aliphatic heterocycles. The number of hydrogen-bond donors (Lipinski definition) is 2. The highest BCUT2D eigenvalue weighted by Crippen LogP contribution is 2.18. The van der Waals surface area contributed by atoms with E-state index in [9.17, 15) is 8.42 Å². The van der Waals surface area contributed by atoms with Crippen LogP contribution < -0.4 is 10.5 Å². The fourth-order valence-corrected chi connectivity index (χ4v) is 4.35. The lowest BCUT2D eigenvalue weighted by molar-refractivity contribution is 0.254. The van der Waals surface area contributed by atoms with Crippen LogP contribution in [0.5, 0.6) is 0 Å². The third-order valence-electron chi connectivity index (χ3n) is 3.30. The number of thiazole rings is 1. The highest BCUT2D eigenvalue weighted by molar-refractivity contribution is 7.87. The second-order valence-electron chi connectivity index (χ2n) is 4.63. The van der Waals surface area contributed by atoms with Crippen LogP contribution in [0.3, 0.4) is 0 Å². The predicted molar refractivity (Wildman–Crippen MR) is 76.1 cm³/mol. The topological polar surface area (TPSA) is 88.3 Å². The summed E-state index contributed by atoms with van der Waals surface area (Å²) < 4.78 is 28.6. The zero-order chi connectivity index (χ0) is 13.7. The summed E-state index contributed by atoms with van der Waals surface area (Å²) in [6.07, 6.45) is 3.42. The molecule has 19 heavy (non-hydrogen) atoms. The first-order valence-corrected chi connectivity index (χ1v) is 8.85. The van der Waals surface area contributed by atoms with Gasteiger partial charge in [-0.25, -0.2) is 9.71 Å².